The van der Waals surface area contributed by atoms with E-state index in [4.69, 9.17) is 4.74 Å². The highest BCUT2D eigenvalue weighted by atomic mass is 32.2. The normalized spacial score (nSPS) is 17.8. The van der Waals surface area contributed by atoms with Gasteiger partial charge in [0.15, 0.2) is 0 Å². The molecule has 100 valence electrons. The van der Waals surface area contributed by atoms with Gasteiger partial charge in [0.1, 0.15) is 10.9 Å². The molecule has 1 unspecified atom stereocenters. The molecule has 0 amide bonds. The predicted molar refractivity (Wildman–Crippen MR) is 76.3 cm³/mol. The molecule has 1 aliphatic carbocycles. The number of hydrogen-bond donors (Lipinski definition) is 0. The second kappa shape index (κ2) is 6.57. The van der Waals surface area contributed by atoms with E-state index in [1.807, 2.05) is 18.7 Å². The molecule has 2 rings (SSSR count). The molecule has 0 N–H and O–H groups in total. The van der Waals surface area contributed by atoms with Gasteiger partial charge in [-0.2, -0.15) is 11.8 Å². The van der Waals surface area contributed by atoms with Crippen molar-refractivity contribution in [3.63, 3.8) is 0 Å². The fraction of sp³-hybridized carbons (Fsp3) is 0.692. The standard InChI is InChI=1S/C13H19NO2S2/c1-3-7-17-8-11-14-12-9(13(15)16-4-2)5-6-10(12)18-11/h9H,3-8H2,1-2H3. The average molecular weight is 285 g/mol. The summed E-state index contributed by atoms with van der Waals surface area (Å²) in [5, 5.41) is 1.16. The number of carbonyl (C=O) groups excluding carboxylic acids is 1. The minimum atomic E-state index is -0.110. The van der Waals surface area contributed by atoms with Crippen molar-refractivity contribution in [3.05, 3.63) is 15.6 Å². The highest BCUT2D eigenvalue weighted by molar-refractivity contribution is 7.98. The Hall–Kier alpha value is -0.550. The van der Waals surface area contributed by atoms with E-state index in [1.165, 1.54) is 17.1 Å². The summed E-state index contributed by atoms with van der Waals surface area (Å²) in [5.41, 5.74) is 0.991. The molecule has 1 aromatic rings. The molecular weight excluding hydrogens is 266 g/mol. The van der Waals surface area contributed by atoms with E-state index < -0.39 is 0 Å². The Morgan fingerprint density at radius 1 is 1.56 bits per heavy atom. The molecule has 0 aliphatic heterocycles. The average Bonchev–Trinajstić information content (AvgIpc) is 2.89. The smallest absolute Gasteiger partial charge is 0.315 e. The van der Waals surface area contributed by atoms with E-state index in [-0.39, 0.29) is 11.9 Å². The highest BCUT2D eigenvalue weighted by Gasteiger charge is 2.33. The van der Waals surface area contributed by atoms with Crippen LogP contribution in [0.1, 0.15) is 48.2 Å². The van der Waals surface area contributed by atoms with Gasteiger partial charge in [-0.25, -0.2) is 4.98 Å². The van der Waals surface area contributed by atoms with Gasteiger partial charge in [0.2, 0.25) is 0 Å². The van der Waals surface area contributed by atoms with Crippen LogP contribution in [-0.4, -0.2) is 23.3 Å². The lowest BCUT2D eigenvalue weighted by atomic mass is 10.1. The maximum Gasteiger partial charge on any atom is 0.315 e. The van der Waals surface area contributed by atoms with Crippen LogP contribution in [0.3, 0.4) is 0 Å². The Bertz CT molecular complexity index is 417. The predicted octanol–water partition coefficient (Wildman–Crippen LogP) is 3.38. The highest BCUT2D eigenvalue weighted by Crippen LogP contribution is 2.38. The van der Waals surface area contributed by atoms with Gasteiger partial charge in [0.05, 0.1) is 12.3 Å². The molecule has 0 saturated heterocycles. The van der Waals surface area contributed by atoms with Crippen LogP contribution in [0, 0.1) is 0 Å². The zero-order chi connectivity index (χ0) is 13.0. The third-order valence-corrected chi connectivity index (χ3v) is 5.40. The Kier molecular flexibility index (Phi) is 5.06. The largest absolute Gasteiger partial charge is 0.465 e. The van der Waals surface area contributed by atoms with E-state index in [1.54, 1.807) is 11.3 Å². The number of ether oxygens (including phenoxy) is 1. The molecule has 0 aromatic carbocycles. The summed E-state index contributed by atoms with van der Waals surface area (Å²) in [4.78, 5) is 17.8. The lowest BCUT2D eigenvalue weighted by Gasteiger charge is -2.07. The summed E-state index contributed by atoms with van der Waals surface area (Å²) in [6.07, 6.45) is 3.05. The molecule has 3 nitrogen and oxygen atoms in total. The quantitative estimate of drug-likeness (QED) is 0.593. The SMILES string of the molecule is CCCSCc1nc2c(s1)CCC2C(=O)OCC. The van der Waals surface area contributed by atoms with Gasteiger partial charge in [-0.1, -0.05) is 6.92 Å². The van der Waals surface area contributed by atoms with Crippen LogP contribution in [0.5, 0.6) is 0 Å². The number of thioether (sulfide) groups is 1. The van der Waals surface area contributed by atoms with Crippen LogP contribution >= 0.6 is 23.1 Å². The molecule has 0 fully saturated rings. The van der Waals surface area contributed by atoms with Crippen LogP contribution in [0.2, 0.25) is 0 Å². The molecule has 18 heavy (non-hydrogen) atoms. The van der Waals surface area contributed by atoms with Gasteiger partial charge < -0.3 is 4.74 Å². The number of rotatable bonds is 6. The van der Waals surface area contributed by atoms with Crippen LogP contribution in [0.25, 0.3) is 0 Å². The summed E-state index contributed by atoms with van der Waals surface area (Å²) < 4.78 is 5.11. The summed E-state index contributed by atoms with van der Waals surface area (Å²) in [7, 11) is 0. The monoisotopic (exact) mass is 285 g/mol. The van der Waals surface area contributed by atoms with Gasteiger partial charge in [0, 0.05) is 10.6 Å². The van der Waals surface area contributed by atoms with Crippen molar-refractivity contribution in [2.45, 2.75) is 44.8 Å². The minimum Gasteiger partial charge on any atom is -0.465 e. The van der Waals surface area contributed by atoms with Crippen LogP contribution in [-0.2, 0) is 21.7 Å². The van der Waals surface area contributed by atoms with Gasteiger partial charge in [-0.05, 0) is 31.9 Å². The number of carbonyl (C=O) groups is 1. The Morgan fingerprint density at radius 3 is 3.11 bits per heavy atom. The third-order valence-electron chi connectivity index (χ3n) is 2.91. The van der Waals surface area contributed by atoms with Crippen molar-refractivity contribution in [1.82, 2.24) is 4.98 Å². The second-order valence-electron chi connectivity index (χ2n) is 4.31. The minimum absolute atomic E-state index is 0.102. The molecule has 0 spiro atoms. The first-order chi connectivity index (χ1) is 8.76. The molecule has 1 aromatic heterocycles. The van der Waals surface area contributed by atoms with E-state index in [0.717, 1.165) is 29.3 Å². The first-order valence-corrected chi connectivity index (χ1v) is 8.46. The number of nitrogens with zero attached hydrogens (tertiary/aromatic N) is 1. The summed E-state index contributed by atoms with van der Waals surface area (Å²) in [6, 6.07) is 0. The number of esters is 1. The van der Waals surface area contributed by atoms with Crippen molar-refractivity contribution in [2.75, 3.05) is 12.4 Å². The van der Waals surface area contributed by atoms with Crippen molar-refractivity contribution in [1.29, 1.82) is 0 Å². The van der Waals surface area contributed by atoms with Crippen molar-refractivity contribution in [2.24, 2.45) is 0 Å². The molecule has 5 heteroatoms. The topological polar surface area (TPSA) is 39.2 Å². The Balaban J connectivity index is 2.01. The van der Waals surface area contributed by atoms with Gasteiger partial charge in [-0.3, -0.25) is 4.79 Å². The lowest BCUT2D eigenvalue weighted by Crippen LogP contribution is -2.14. The van der Waals surface area contributed by atoms with E-state index >= 15 is 0 Å². The summed E-state index contributed by atoms with van der Waals surface area (Å²) in [5.74, 6) is 1.93. The number of hydrogen-bond acceptors (Lipinski definition) is 5. The number of fused-ring (bicyclic) bond motifs is 1. The van der Waals surface area contributed by atoms with Crippen LogP contribution < -0.4 is 0 Å². The van der Waals surface area contributed by atoms with E-state index in [9.17, 15) is 4.79 Å². The number of thiazole rings is 1. The molecule has 0 saturated carbocycles. The molecule has 0 radical (unpaired) electrons. The third kappa shape index (κ3) is 3.06. The number of aryl methyl sites for hydroxylation is 1. The summed E-state index contributed by atoms with van der Waals surface area (Å²) >= 11 is 3.69. The van der Waals surface area contributed by atoms with Gasteiger partial charge >= 0.3 is 5.97 Å². The fourth-order valence-corrected chi connectivity index (χ4v) is 4.21. The van der Waals surface area contributed by atoms with E-state index in [2.05, 4.69) is 11.9 Å². The zero-order valence-corrected chi connectivity index (χ0v) is 12.5. The van der Waals surface area contributed by atoms with Gasteiger partial charge in [-0.15, -0.1) is 11.3 Å². The lowest BCUT2D eigenvalue weighted by molar-refractivity contribution is -0.145. The maximum absolute atomic E-state index is 11.8. The fourth-order valence-electron chi connectivity index (χ4n) is 2.12. The van der Waals surface area contributed by atoms with Crippen molar-refractivity contribution < 1.29 is 9.53 Å². The van der Waals surface area contributed by atoms with E-state index in [0.29, 0.717) is 6.61 Å². The number of aromatic nitrogens is 1. The molecule has 0 bridgehead atoms. The molecular formula is C13H19NO2S2. The Labute approximate surface area is 116 Å². The maximum atomic E-state index is 11.8. The molecule has 1 atom stereocenters. The van der Waals surface area contributed by atoms with Crippen molar-refractivity contribution in [3.8, 4) is 0 Å². The zero-order valence-electron chi connectivity index (χ0n) is 10.9. The van der Waals surface area contributed by atoms with Crippen LogP contribution in [0.15, 0.2) is 0 Å². The molecule has 1 heterocycles. The van der Waals surface area contributed by atoms with Crippen LogP contribution in [0.4, 0.5) is 0 Å². The summed E-state index contributed by atoms with van der Waals surface area (Å²) in [6.45, 7) is 4.49. The van der Waals surface area contributed by atoms with Gasteiger partial charge in [0.25, 0.3) is 0 Å². The first kappa shape index (κ1) is 13.9. The Morgan fingerprint density at radius 2 is 2.39 bits per heavy atom. The molecule has 1 aliphatic rings. The van der Waals surface area contributed by atoms with Crippen molar-refractivity contribution >= 4 is 29.1 Å². The second-order valence-corrected chi connectivity index (χ2v) is 6.59. The first-order valence-electron chi connectivity index (χ1n) is 6.49.